The largest absolute Gasteiger partial charge is 0.778 e. The number of nitrogens with zero attached hydrogens (tertiary/aromatic N) is 1. The molecule has 1 aliphatic rings. The van der Waals surface area contributed by atoms with Crippen molar-refractivity contribution in [3.8, 4) is 0 Å². The Labute approximate surface area is 204 Å². The van der Waals surface area contributed by atoms with Crippen molar-refractivity contribution in [2.45, 2.75) is 50.5 Å². The van der Waals surface area contributed by atoms with Gasteiger partial charge in [0.1, 0.15) is 19.8 Å². The molecule has 2 N–H and O–H groups in total. The first-order valence-corrected chi connectivity index (χ1v) is 13.5. The number of hydrogen-bond acceptors (Lipinski definition) is 12. The van der Waals surface area contributed by atoms with Crippen LogP contribution in [0.25, 0.3) is 0 Å². The molecule has 1 fully saturated rings. The number of benzene rings is 1. The van der Waals surface area contributed by atoms with Crippen LogP contribution in [0.5, 0.6) is 0 Å². The Morgan fingerprint density at radius 3 is 2.39 bits per heavy atom. The number of aliphatic hydroxyl groups excluding tert-OH is 1. The summed E-state index contributed by atoms with van der Waals surface area (Å²) >= 11 is 0. The zero-order chi connectivity index (χ0) is 26.9. The van der Waals surface area contributed by atoms with Gasteiger partial charge in [-0.05, 0) is 12.1 Å². The minimum Gasteiger partial charge on any atom is -0.778 e. The first kappa shape index (κ1) is 28.2. The first-order valence-electron chi connectivity index (χ1n) is 10.5. The predicted molar refractivity (Wildman–Crippen MR) is 119 cm³/mol. The summed E-state index contributed by atoms with van der Waals surface area (Å²) in [5.74, 6) is -0.886. The normalized spacial score (nSPS) is 25.6. The van der Waals surface area contributed by atoms with E-state index in [1.807, 2.05) is 4.98 Å². The third-order valence-corrected chi connectivity index (χ3v) is 8.89. The smallest absolute Gasteiger partial charge is 0.338 e. The SMILES string of the molecule is CC(C)(C)P(=O)([O-])OP(=O)([O-])OC[C@H]1O[C@@H](n2ccc(=O)[nH]c2=O)C(OC(=O)c2ccccc2)[C@H]1O. The Morgan fingerprint density at radius 2 is 1.81 bits per heavy atom. The summed E-state index contributed by atoms with van der Waals surface area (Å²) in [5, 5.41) is 9.21. The molecule has 0 amide bonds. The van der Waals surface area contributed by atoms with Crippen LogP contribution in [0.15, 0.2) is 52.2 Å². The summed E-state index contributed by atoms with van der Waals surface area (Å²) in [6.07, 6.45) is -5.28. The average Bonchev–Trinajstić information content (AvgIpc) is 3.06. The molecule has 3 rings (SSSR count). The van der Waals surface area contributed by atoms with Crippen molar-refractivity contribution >= 4 is 21.4 Å². The molecule has 0 saturated carbocycles. The molecule has 1 aliphatic heterocycles. The number of phosphoric acid groups is 1. The number of aromatic nitrogens is 2. The summed E-state index contributed by atoms with van der Waals surface area (Å²) < 4.78 is 44.8. The summed E-state index contributed by atoms with van der Waals surface area (Å²) in [7, 11) is -10.3. The van der Waals surface area contributed by atoms with Crippen molar-refractivity contribution in [1.82, 2.24) is 9.55 Å². The molecule has 14 nitrogen and oxygen atoms in total. The lowest BCUT2D eigenvalue weighted by atomic mass is 10.1. The number of hydrogen-bond donors (Lipinski definition) is 2. The highest BCUT2D eigenvalue weighted by molar-refractivity contribution is 7.63. The Morgan fingerprint density at radius 1 is 1.17 bits per heavy atom. The molecule has 6 atom stereocenters. The van der Waals surface area contributed by atoms with Gasteiger partial charge in [-0.1, -0.05) is 39.0 Å². The maximum atomic E-state index is 12.6. The predicted octanol–water partition coefficient (Wildman–Crippen LogP) is -0.126. The fourth-order valence-corrected chi connectivity index (χ4v) is 5.59. The quantitative estimate of drug-likeness (QED) is 0.328. The summed E-state index contributed by atoms with van der Waals surface area (Å²) in [5.41, 5.74) is -1.57. The molecule has 0 radical (unpaired) electrons. The van der Waals surface area contributed by atoms with Crippen LogP contribution in [0, 0.1) is 0 Å². The Balaban J connectivity index is 1.83. The van der Waals surface area contributed by atoms with E-state index in [1.165, 1.54) is 32.9 Å². The van der Waals surface area contributed by atoms with Crippen LogP contribution in [-0.2, 0) is 27.4 Å². The molecule has 1 saturated heterocycles. The van der Waals surface area contributed by atoms with E-state index in [9.17, 15) is 38.4 Å². The van der Waals surface area contributed by atoms with Crippen LogP contribution in [0.3, 0.4) is 0 Å². The topological polar surface area (TPSA) is 209 Å². The lowest BCUT2D eigenvalue weighted by Crippen LogP contribution is -2.40. The van der Waals surface area contributed by atoms with E-state index >= 15 is 0 Å². The molecule has 1 aromatic carbocycles. The highest BCUT2D eigenvalue weighted by Gasteiger charge is 2.48. The van der Waals surface area contributed by atoms with Crippen molar-refractivity contribution in [3.05, 3.63) is 69.0 Å². The number of carbonyl (C=O) groups excluding carboxylic acids is 1. The van der Waals surface area contributed by atoms with Gasteiger partial charge >= 0.3 is 11.7 Å². The highest BCUT2D eigenvalue weighted by atomic mass is 31.3. The number of H-pyrrole nitrogens is 1. The Bertz CT molecular complexity index is 1300. The van der Waals surface area contributed by atoms with Gasteiger partial charge in [-0.2, -0.15) is 0 Å². The number of rotatable bonds is 8. The van der Waals surface area contributed by atoms with Gasteiger partial charge in [0, 0.05) is 17.4 Å². The number of phosphoric ester groups is 1. The molecular weight excluding hydrogens is 522 g/mol. The van der Waals surface area contributed by atoms with Gasteiger partial charge in [0.05, 0.1) is 12.2 Å². The van der Waals surface area contributed by atoms with E-state index in [0.717, 1.165) is 16.8 Å². The number of esters is 1. The minimum atomic E-state index is -5.43. The van der Waals surface area contributed by atoms with Gasteiger partial charge in [-0.15, -0.1) is 0 Å². The third kappa shape index (κ3) is 6.47. The number of carbonyl (C=O) groups is 1. The molecule has 2 heterocycles. The molecule has 2 aromatic rings. The Kier molecular flexibility index (Phi) is 8.23. The van der Waals surface area contributed by atoms with Gasteiger partial charge in [0.25, 0.3) is 13.4 Å². The summed E-state index contributed by atoms with van der Waals surface area (Å²) in [4.78, 5) is 62.5. The highest BCUT2D eigenvalue weighted by Crippen LogP contribution is 2.61. The second-order valence-corrected chi connectivity index (χ2v) is 12.9. The van der Waals surface area contributed by atoms with Crippen molar-refractivity contribution < 1.29 is 47.1 Å². The van der Waals surface area contributed by atoms with Gasteiger partial charge in [0.15, 0.2) is 12.3 Å². The fraction of sp³-hybridized carbons (Fsp3) is 0.450. The molecule has 3 unspecified atom stereocenters. The van der Waals surface area contributed by atoms with E-state index < -0.39 is 68.9 Å². The van der Waals surface area contributed by atoms with E-state index in [2.05, 4.69) is 8.83 Å². The van der Waals surface area contributed by atoms with E-state index in [4.69, 9.17) is 9.47 Å². The molecule has 198 valence electrons. The van der Waals surface area contributed by atoms with Crippen molar-refractivity contribution in [2.24, 2.45) is 0 Å². The van der Waals surface area contributed by atoms with Gasteiger partial charge in [0.2, 0.25) is 0 Å². The van der Waals surface area contributed by atoms with Crippen LogP contribution in [0.1, 0.15) is 37.4 Å². The van der Waals surface area contributed by atoms with Crippen molar-refractivity contribution in [3.63, 3.8) is 0 Å². The second-order valence-electron chi connectivity index (χ2n) is 8.80. The maximum absolute atomic E-state index is 12.6. The fourth-order valence-electron chi connectivity index (χ4n) is 3.04. The molecular formula is C20H24N2O12P2-2. The Hall–Kier alpha value is -2.41. The molecule has 16 heteroatoms. The summed E-state index contributed by atoms with van der Waals surface area (Å²) in [6, 6.07) is 8.65. The lowest BCUT2D eigenvalue weighted by Gasteiger charge is -2.39. The zero-order valence-corrected chi connectivity index (χ0v) is 21.1. The second kappa shape index (κ2) is 10.5. The molecule has 0 aliphatic carbocycles. The van der Waals surface area contributed by atoms with E-state index in [-0.39, 0.29) is 5.56 Å². The molecule has 0 bridgehead atoms. The van der Waals surface area contributed by atoms with Crippen LogP contribution in [0.4, 0.5) is 0 Å². The van der Waals surface area contributed by atoms with Crippen LogP contribution >= 0.6 is 15.4 Å². The number of aromatic amines is 1. The standard InChI is InChI=1S/C20H26N2O12P2/c1-20(2,3)35(27,28)34-36(29,30)31-11-13-15(24)16(33-18(25)12-7-5-4-6-8-12)17(32-13)22-10-9-14(23)21-19(22)26/h4-10,13,15-17,24H,11H2,1-3H3,(H,27,28)(H,29,30)(H,21,23,26)/p-2/t13-,15+,16?,17-/m1/s1. The maximum Gasteiger partial charge on any atom is 0.338 e. The minimum absolute atomic E-state index is 0.114. The molecule has 0 spiro atoms. The van der Waals surface area contributed by atoms with Crippen LogP contribution in [0.2, 0.25) is 0 Å². The number of ether oxygens (including phenoxy) is 2. The first-order chi connectivity index (χ1) is 16.6. The van der Waals surface area contributed by atoms with Crippen molar-refractivity contribution in [2.75, 3.05) is 6.61 Å². The van der Waals surface area contributed by atoms with Gasteiger partial charge in [-0.25, -0.2) is 9.59 Å². The average molecular weight is 546 g/mol. The van der Waals surface area contributed by atoms with Crippen LogP contribution in [-0.4, -0.2) is 50.7 Å². The third-order valence-electron chi connectivity index (χ3n) is 5.12. The molecule has 36 heavy (non-hydrogen) atoms. The van der Waals surface area contributed by atoms with Crippen LogP contribution < -0.4 is 21.0 Å². The summed E-state index contributed by atoms with van der Waals surface area (Å²) in [6.45, 7) is 2.73. The zero-order valence-electron chi connectivity index (χ0n) is 19.3. The molecule has 1 aromatic heterocycles. The number of aliphatic hydroxyl groups is 1. The van der Waals surface area contributed by atoms with E-state index in [1.54, 1.807) is 18.2 Å². The number of nitrogens with one attached hydrogen (secondary N) is 1. The van der Waals surface area contributed by atoms with Crippen molar-refractivity contribution in [1.29, 1.82) is 0 Å². The lowest BCUT2D eigenvalue weighted by molar-refractivity contribution is -0.235. The monoisotopic (exact) mass is 546 g/mol. The van der Waals surface area contributed by atoms with Gasteiger partial charge in [-0.3, -0.25) is 23.2 Å². The van der Waals surface area contributed by atoms with Gasteiger partial charge < -0.3 is 33.5 Å². The van der Waals surface area contributed by atoms with E-state index in [0.29, 0.717) is 0 Å².